The molecule has 0 spiro atoms. The van der Waals surface area contributed by atoms with E-state index in [1.807, 2.05) is 12.1 Å². The van der Waals surface area contributed by atoms with Crippen LogP contribution in [0.25, 0.3) is 0 Å². The molecule has 98 valence electrons. The third-order valence-electron chi connectivity index (χ3n) is 3.49. The summed E-state index contributed by atoms with van der Waals surface area (Å²) in [7, 11) is 1.70. The van der Waals surface area contributed by atoms with E-state index in [1.54, 1.807) is 7.11 Å². The minimum absolute atomic E-state index is 0.317. The molecule has 0 aromatic heterocycles. The molecule has 0 aliphatic heterocycles. The van der Waals surface area contributed by atoms with Gasteiger partial charge in [-0.2, -0.15) is 0 Å². The standard InChI is InChI=1S/C18H20O/c1-4-14(2)18(15-8-6-5-7-9-15)16-10-12-17(19-3)13-11-16/h4-13,18H,1-3H3/b14-4+. The van der Waals surface area contributed by atoms with Gasteiger partial charge in [0.25, 0.3) is 0 Å². The third kappa shape index (κ3) is 3.05. The van der Waals surface area contributed by atoms with Crippen molar-refractivity contribution in [3.8, 4) is 5.75 Å². The summed E-state index contributed by atoms with van der Waals surface area (Å²) in [5, 5.41) is 0. The van der Waals surface area contributed by atoms with Crippen LogP contribution in [0, 0.1) is 0 Å². The molecule has 2 aromatic rings. The fraction of sp³-hybridized carbons (Fsp3) is 0.222. The molecule has 0 fully saturated rings. The van der Waals surface area contributed by atoms with Gasteiger partial charge in [-0.3, -0.25) is 0 Å². The van der Waals surface area contributed by atoms with Crippen LogP contribution in [0.3, 0.4) is 0 Å². The van der Waals surface area contributed by atoms with Crippen molar-refractivity contribution < 1.29 is 4.74 Å². The third-order valence-corrected chi connectivity index (χ3v) is 3.49. The Hall–Kier alpha value is -2.02. The second-order valence-corrected chi connectivity index (χ2v) is 4.65. The van der Waals surface area contributed by atoms with E-state index in [9.17, 15) is 0 Å². The molecule has 2 aromatic carbocycles. The van der Waals surface area contributed by atoms with Gasteiger partial charge in [-0.1, -0.05) is 54.1 Å². The lowest BCUT2D eigenvalue weighted by atomic mass is 9.85. The van der Waals surface area contributed by atoms with E-state index in [1.165, 1.54) is 16.7 Å². The molecule has 0 saturated heterocycles. The summed E-state index contributed by atoms with van der Waals surface area (Å²) < 4.78 is 5.23. The number of hydrogen-bond acceptors (Lipinski definition) is 1. The Bertz CT molecular complexity index is 538. The van der Waals surface area contributed by atoms with E-state index < -0.39 is 0 Å². The van der Waals surface area contributed by atoms with Crippen LogP contribution in [0.1, 0.15) is 30.9 Å². The summed E-state index contributed by atoms with van der Waals surface area (Å²) in [4.78, 5) is 0. The highest BCUT2D eigenvalue weighted by Gasteiger charge is 2.15. The Balaban J connectivity index is 2.43. The molecule has 0 N–H and O–H groups in total. The highest BCUT2D eigenvalue weighted by molar-refractivity contribution is 5.42. The minimum atomic E-state index is 0.317. The van der Waals surface area contributed by atoms with Gasteiger partial charge >= 0.3 is 0 Å². The number of methoxy groups -OCH3 is 1. The maximum Gasteiger partial charge on any atom is 0.118 e. The molecule has 0 heterocycles. The molecule has 1 unspecified atom stereocenters. The van der Waals surface area contributed by atoms with Crippen molar-refractivity contribution in [3.63, 3.8) is 0 Å². The first-order valence-corrected chi connectivity index (χ1v) is 6.58. The predicted octanol–water partition coefficient (Wildman–Crippen LogP) is 4.79. The van der Waals surface area contributed by atoms with Crippen molar-refractivity contribution >= 4 is 0 Å². The van der Waals surface area contributed by atoms with Crippen LogP contribution < -0.4 is 4.74 Å². The van der Waals surface area contributed by atoms with Crippen LogP contribution in [0.4, 0.5) is 0 Å². The van der Waals surface area contributed by atoms with E-state index >= 15 is 0 Å². The number of ether oxygens (including phenoxy) is 1. The maximum absolute atomic E-state index is 5.23. The lowest BCUT2D eigenvalue weighted by Crippen LogP contribution is -2.02. The largest absolute Gasteiger partial charge is 0.497 e. The zero-order valence-electron chi connectivity index (χ0n) is 11.8. The topological polar surface area (TPSA) is 9.23 Å². The monoisotopic (exact) mass is 252 g/mol. The zero-order chi connectivity index (χ0) is 13.7. The van der Waals surface area contributed by atoms with Gasteiger partial charge in [-0.05, 0) is 37.1 Å². The molecule has 1 nitrogen and oxygen atoms in total. The van der Waals surface area contributed by atoms with Crippen molar-refractivity contribution in [2.24, 2.45) is 0 Å². The Morgan fingerprint density at radius 1 is 0.947 bits per heavy atom. The van der Waals surface area contributed by atoms with Crippen molar-refractivity contribution in [2.75, 3.05) is 7.11 Å². The van der Waals surface area contributed by atoms with E-state index in [0.717, 1.165) is 5.75 Å². The molecule has 2 rings (SSSR count). The van der Waals surface area contributed by atoms with Gasteiger partial charge in [-0.25, -0.2) is 0 Å². The lowest BCUT2D eigenvalue weighted by Gasteiger charge is -2.19. The van der Waals surface area contributed by atoms with Gasteiger partial charge in [0.1, 0.15) is 5.75 Å². The number of hydrogen-bond donors (Lipinski definition) is 0. The fourth-order valence-corrected chi connectivity index (χ4v) is 2.33. The maximum atomic E-state index is 5.23. The predicted molar refractivity (Wildman–Crippen MR) is 80.7 cm³/mol. The molecular formula is C18H20O. The van der Waals surface area contributed by atoms with E-state index in [0.29, 0.717) is 5.92 Å². The molecular weight excluding hydrogens is 232 g/mol. The smallest absolute Gasteiger partial charge is 0.118 e. The van der Waals surface area contributed by atoms with Crippen molar-refractivity contribution in [1.29, 1.82) is 0 Å². The van der Waals surface area contributed by atoms with Gasteiger partial charge in [0.15, 0.2) is 0 Å². The highest BCUT2D eigenvalue weighted by atomic mass is 16.5. The van der Waals surface area contributed by atoms with Crippen LogP contribution in [-0.2, 0) is 0 Å². The average molecular weight is 252 g/mol. The van der Waals surface area contributed by atoms with Gasteiger partial charge in [-0.15, -0.1) is 0 Å². The second kappa shape index (κ2) is 6.24. The number of rotatable bonds is 4. The van der Waals surface area contributed by atoms with Gasteiger partial charge in [0.2, 0.25) is 0 Å². The van der Waals surface area contributed by atoms with Crippen LogP contribution in [0.15, 0.2) is 66.2 Å². The highest BCUT2D eigenvalue weighted by Crippen LogP contribution is 2.32. The first kappa shape index (κ1) is 13.4. The molecule has 0 bridgehead atoms. The lowest BCUT2D eigenvalue weighted by molar-refractivity contribution is 0.414. The molecule has 1 heteroatoms. The van der Waals surface area contributed by atoms with E-state index in [2.05, 4.69) is 62.4 Å². The molecule has 0 amide bonds. The first-order valence-electron chi connectivity index (χ1n) is 6.58. The van der Waals surface area contributed by atoms with E-state index in [-0.39, 0.29) is 0 Å². The van der Waals surface area contributed by atoms with E-state index in [4.69, 9.17) is 4.74 Å². The van der Waals surface area contributed by atoms with Gasteiger partial charge in [0.05, 0.1) is 7.11 Å². The quantitative estimate of drug-likeness (QED) is 0.711. The Morgan fingerprint density at radius 3 is 2.05 bits per heavy atom. The average Bonchev–Trinajstić information content (AvgIpc) is 2.49. The SMILES string of the molecule is C/C=C(\C)C(c1ccccc1)c1ccc(OC)cc1. The molecule has 0 aliphatic rings. The van der Waals surface area contributed by atoms with Crippen molar-refractivity contribution in [3.05, 3.63) is 77.4 Å². The summed E-state index contributed by atoms with van der Waals surface area (Å²) in [6, 6.07) is 18.9. The van der Waals surface area contributed by atoms with Gasteiger partial charge in [0, 0.05) is 5.92 Å². The minimum Gasteiger partial charge on any atom is -0.497 e. The molecule has 1 atom stereocenters. The molecule has 0 radical (unpaired) electrons. The zero-order valence-corrected chi connectivity index (χ0v) is 11.8. The second-order valence-electron chi connectivity index (χ2n) is 4.65. The summed E-state index contributed by atoms with van der Waals surface area (Å²) >= 11 is 0. The molecule has 19 heavy (non-hydrogen) atoms. The fourth-order valence-electron chi connectivity index (χ4n) is 2.33. The normalized spacial score (nSPS) is 13.1. The Labute approximate surface area is 115 Å². The van der Waals surface area contributed by atoms with Crippen LogP contribution in [0.5, 0.6) is 5.75 Å². The summed E-state index contributed by atoms with van der Waals surface area (Å²) in [6.45, 7) is 4.27. The van der Waals surface area contributed by atoms with Crippen LogP contribution >= 0.6 is 0 Å². The first-order chi connectivity index (χ1) is 9.26. The summed E-state index contributed by atoms with van der Waals surface area (Å²) in [6.07, 6.45) is 2.18. The summed E-state index contributed by atoms with van der Waals surface area (Å²) in [5.74, 6) is 1.21. The molecule has 0 aliphatic carbocycles. The Kier molecular flexibility index (Phi) is 4.40. The van der Waals surface area contributed by atoms with Crippen LogP contribution in [0.2, 0.25) is 0 Å². The van der Waals surface area contributed by atoms with Gasteiger partial charge < -0.3 is 4.74 Å². The Morgan fingerprint density at radius 2 is 1.53 bits per heavy atom. The van der Waals surface area contributed by atoms with Crippen molar-refractivity contribution in [1.82, 2.24) is 0 Å². The number of allylic oxidation sites excluding steroid dienone is 2. The molecule has 0 saturated carbocycles. The van der Waals surface area contributed by atoms with Crippen molar-refractivity contribution in [2.45, 2.75) is 19.8 Å². The number of benzene rings is 2. The van der Waals surface area contributed by atoms with Crippen LogP contribution in [-0.4, -0.2) is 7.11 Å². The summed E-state index contributed by atoms with van der Waals surface area (Å²) in [5.41, 5.74) is 3.97.